The SMILES string of the molecule is CCOC(=O)n1nccc1S(=O)(=O)Cl. The van der Waals surface area contributed by atoms with Gasteiger partial charge in [0.15, 0.2) is 5.03 Å². The number of nitrogens with zero attached hydrogens (tertiary/aromatic N) is 2. The number of rotatable bonds is 2. The molecule has 0 unspecified atom stereocenters. The molecule has 0 saturated carbocycles. The maximum Gasteiger partial charge on any atom is 0.435 e. The lowest BCUT2D eigenvalue weighted by Crippen LogP contribution is -2.18. The van der Waals surface area contributed by atoms with Gasteiger partial charge in [-0.1, -0.05) is 0 Å². The third-order valence-electron chi connectivity index (χ3n) is 1.30. The van der Waals surface area contributed by atoms with Crippen molar-refractivity contribution >= 4 is 25.8 Å². The Hall–Kier alpha value is -1.08. The highest BCUT2D eigenvalue weighted by Crippen LogP contribution is 2.13. The van der Waals surface area contributed by atoms with Crippen molar-refractivity contribution in [2.75, 3.05) is 6.61 Å². The normalized spacial score (nSPS) is 11.3. The second-order valence-corrected chi connectivity index (χ2v) is 4.73. The Balaban J connectivity index is 3.12. The molecule has 0 aliphatic rings. The quantitative estimate of drug-likeness (QED) is 0.713. The van der Waals surface area contributed by atoms with Crippen LogP contribution in [0.5, 0.6) is 0 Å². The van der Waals surface area contributed by atoms with Crippen molar-refractivity contribution in [3.8, 4) is 0 Å². The molecule has 0 saturated heterocycles. The number of carbonyl (C=O) groups is 1. The number of aromatic nitrogens is 2. The summed E-state index contributed by atoms with van der Waals surface area (Å²) >= 11 is 0. The Morgan fingerprint density at radius 2 is 2.36 bits per heavy atom. The minimum atomic E-state index is -3.98. The predicted octanol–water partition coefficient (Wildman–Crippen LogP) is 0.815. The zero-order valence-electron chi connectivity index (χ0n) is 7.18. The van der Waals surface area contributed by atoms with Gasteiger partial charge in [0.05, 0.1) is 12.8 Å². The fourth-order valence-electron chi connectivity index (χ4n) is 0.798. The van der Waals surface area contributed by atoms with E-state index in [2.05, 4.69) is 9.84 Å². The van der Waals surface area contributed by atoms with Gasteiger partial charge >= 0.3 is 6.09 Å². The summed E-state index contributed by atoms with van der Waals surface area (Å²) in [5.41, 5.74) is 0. The van der Waals surface area contributed by atoms with Crippen LogP contribution in [0.2, 0.25) is 0 Å². The summed E-state index contributed by atoms with van der Waals surface area (Å²) in [4.78, 5) is 11.1. The number of hydrogen-bond donors (Lipinski definition) is 0. The molecule has 1 aromatic rings. The van der Waals surface area contributed by atoms with E-state index < -0.39 is 20.2 Å². The molecule has 0 bridgehead atoms. The Bertz CT molecular complexity index is 438. The van der Waals surface area contributed by atoms with Gasteiger partial charge in [-0.05, 0) is 13.0 Å². The van der Waals surface area contributed by atoms with Crippen LogP contribution in [0.15, 0.2) is 17.3 Å². The average molecular weight is 239 g/mol. The summed E-state index contributed by atoms with van der Waals surface area (Å²) < 4.78 is 27.0. The van der Waals surface area contributed by atoms with E-state index in [0.717, 1.165) is 12.3 Å². The molecule has 0 aromatic carbocycles. The predicted molar refractivity (Wildman–Crippen MR) is 47.7 cm³/mol. The number of carbonyl (C=O) groups excluding carboxylic acids is 1. The zero-order valence-corrected chi connectivity index (χ0v) is 8.75. The van der Waals surface area contributed by atoms with Gasteiger partial charge in [0.1, 0.15) is 0 Å². The fraction of sp³-hybridized carbons (Fsp3) is 0.333. The Morgan fingerprint density at radius 3 is 2.86 bits per heavy atom. The van der Waals surface area contributed by atoms with Crippen molar-refractivity contribution in [2.24, 2.45) is 0 Å². The minimum Gasteiger partial charge on any atom is -0.448 e. The first kappa shape index (κ1) is 11.0. The third kappa shape index (κ3) is 2.24. The fourth-order valence-corrected chi connectivity index (χ4v) is 1.70. The van der Waals surface area contributed by atoms with Crippen LogP contribution in [-0.2, 0) is 13.8 Å². The summed E-state index contributed by atoms with van der Waals surface area (Å²) in [6, 6.07) is 1.11. The summed E-state index contributed by atoms with van der Waals surface area (Å²) in [6.07, 6.45) is 0.267. The van der Waals surface area contributed by atoms with E-state index in [9.17, 15) is 13.2 Å². The van der Waals surface area contributed by atoms with Crippen LogP contribution < -0.4 is 0 Å². The first-order valence-corrected chi connectivity index (χ1v) is 5.93. The van der Waals surface area contributed by atoms with Crippen LogP contribution in [0.4, 0.5) is 4.79 Å². The van der Waals surface area contributed by atoms with E-state index in [0.29, 0.717) is 4.68 Å². The van der Waals surface area contributed by atoms with E-state index in [1.807, 2.05) is 0 Å². The van der Waals surface area contributed by atoms with Crippen molar-refractivity contribution in [3.05, 3.63) is 12.3 Å². The van der Waals surface area contributed by atoms with Crippen molar-refractivity contribution in [1.29, 1.82) is 0 Å². The zero-order chi connectivity index (χ0) is 10.8. The largest absolute Gasteiger partial charge is 0.448 e. The molecule has 1 aromatic heterocycles. The molecule has 0 aliphatic heterocycles. The van der Waals surface area contributed by atoms with Crippen molar-refractivity contribution in [2.45, 2.75) is 11.9 Å². The molecule has 0 aliphatic carbocycles. The van der Waals surface area contributed by atoms with Crippen LogP contribution in [0.1, 0.15) is 6.92 Å². The molecule has 14 heavy (non-hydrogen) atoms. The van der Waals surface area contributed by atoms with Gasteiger partial charge in [0.2, 0.25) is 0 Å². The number of ether oxygens (including phenoxy) is 1. The van der Waals surface area contributed by atoms with E-state index >= 15 is 0 Å². The van der Waals surface area contributed by atoms with Gasteiger partial charge in [-0.2, -0.15) is 9.78 Å². The van der Waals surface area contributed by atoms with Crippen LogP contribution in [-0.4, -0.2) is 30.9 Å². The van der Waals surface area contributed by atoms with Crippen LogP contribution in [0.3, 0.4) is 0 Å². The van der Waals surface area contributed by atoms with Gasteiger partial charge < -0.3 is 4.74 Å². The lowest BCUT2D eigenvalue weighted by Gasteiger charge is -2.02. The molecule has 0 spiro atoms. The summed E-state index contributed by atoms with van der Waals surface area (Å²) in [6.45, 7) is 1.72. The Morgan fingerprint density at radius 1 is 1.71 bits per heavy atom. The smallest absolute Gasteiger partial charge is 0.435 e. The first-order chi connectivity index (χ1) is 6.46. The molecule has 6 nitrogen and oxygen atoms in total. The minimum absolute atomic E-state index is 0.125. The van der Waals surface area contributed by atoms with E-state index in [1.54, 1.807) is 6.92 Å². The molecule has 78 valence electrons. The number of halogens is 1. The van der Waals surface area contributed by atoms with Gasteiger partial charge in [0.25, 0.3) is 9.05 Å². The van der Waals surface area contributed by atoms with Crippen LogP contribution >= 0.6 is 10.7 Å². The molecular weight excluding hydrogens is 232 g/mol. The van der Waals surface area contributed by atoms with E-state index in [4.69, 9.17) is 10.7 Å². The second-order valence-electron chi connectivity index (χ2n) is 2.22. The van der Waals surface area contributed by atoms with Crippen LogP contribution in [0.25, 0.3) is 0 Å². The molecule has 1 heterocycles. The molecule has 0 atom stereocenters. The van der Waals surface area contributed by atoms with Gasteiger partial charge in [-0.15, -0.1) is 0 Å². The van der Waals surface area contributed by atoms with E-state index in [-0.39, 0.29) is 6.61 Å². The average Bonchev–Trinajstić information content (AvgIpc) is 2.50. The second kappa shape index (κ2) is 3.97. The molecule has 0 N–H and O–H groups in total. The highest BCUT2D eigenvalue weighted by atomic mass is 35.7. The van der Waals surface area contributed by atoms with Crippen molar-refractivity contribution in [3.63, 3.8) is 0 Å². The molecular formula is C6H7ClN2O4S. The summed E-state index contributed by atoms with van der Waals surface area (Å²) in [5, 5.41) is 3.07. The summed E-state index contributed by atoms with van der Waals surface area (Å²) in [5.74, 6) is 0. The topological polar surface area (TPSA) is 78.3 Å². The molecule has 1 rings (SSSR count). The number of hydrogen-bond acceptors (Lipinski definition) is 5. The molecule has 8 heteroatoms. The maximum absolute atomic E-state index is 11.1. The Labute approximate surface area is 84.8 Å². The van der Waals surface area contributed by atoms with Crippen molar-refractivity contribution < 1.29 is 17.9 Å². The summed E-state index contributed by atoms with van der Waals surface area (Å²) in [7, 11) is 1.07. The standard InChI is InChI=1S/C6H7ClN2O4S/c1-2-13-6(10)9-5(3-4-8-9)14(7,11)12/h3-4H,2H2,1H3. The highest BCUT2D eigenvalue weighted by Gasteiger charge is 2.21. The van der Waals surface area contributed by atoms with Crippen LogP contribution in [0, 0.1) is 0 Å². The van der Waals surface area contributed by atoms with Gasteiger partial charge in [0, 0.05) is 10.7 Å². The van der Waals surface area contributed by atoms with E-state index in [1.165, 1.54) is 0 Å². The molecule has 0 radical (unpaired) electrons. The Kier molecular flexibility index (Phi) is 3.12. The molecule has 0 fully saturated rings. The first-order valence-electron chi connectivity index (χ1n) is 3.62. The highest BCUT2D eigenvalue weighted by molar-refractivity contribution is 8.13. The lowest BCUT2D eigenvalue weighted by atomic mass is 10.7. The maximum atomic E-state index is 11.1. The molecule has 0 amide bonds. The van der Waals surface area contributed by atoms with Gasteiger partial charge in [-0.3, -0.25) is 0 Å². The van der Waals surface area contributed by atoms with Gasteiger partial charge in [-0.25, -0.2) is 13.2 Å². The lowest BCUT2D eigenvalue weighted by molar-refractivity contribution is 0.147. The van der Waals surface area contributed by atoms with Crippen molar-refractivity contribution in [1.82, 2.24) is 9.78 Å². The third-order valence-corrected chi connectivity index (χ3v) is 2.58. The monoisotopic (exact) mass is 238 g/mol.